The molecule has 0 bridgehead atoms. The summed E-state index contributed by atoms with van der Waals surface area (Å²) in [5.74, 6) is 0.256. The summed E-state index contributed by atoms with van der Waals surface area (Å²) in [6.45, 7) is 3.85. The number of aromatic hydroxyl groups is 1. The van der Waals surface area contributed by atoms with Crippen molar-refractivity contribution in [2.24, 2.45) is 5.18 Å². The first-order chi connectivity index (χ1) is 6.22. The second-order valence-corrected chi connectivity index (χ2v) is 2.91. The largest absolute Gasteiger partial charge is 0.508 e. The molecule has 0 saturated heterocycles. The van der Waals surface area contributed by atoms with Gasteiger partial charge < -0.3 is 5.11 Å². The summed E-state index contributed by atoms with van der Waals surface area (Å²) < 4.78 is 0. The van der Waals surface area contributed by atoms with E-state index in [9.17, 15) is 10.0 Å². The molecule has 0 aromatic heterocycles. The number of nitrogens with zero attached hydrogens (tertiary/aromatic N) is 1. The highest BCUT2D eigenvalue weighted by Crippen LogP contribution is 2.28. The molecule has 0 aliphatic carbocycles. The molecule has 13 heavy (non-hydrogen) atoms. The smallest absolute Gasteiger partial charge is 0.119 e. The third-order valence-electron chi connectivity index (χ3n) is 2.14. The topological polar surface area (TPSA) is 49.7 Å². The number of hydrogen-bond acceptors (Lipinski definition) is 3. The second-order valence-electron chi connectivity index (χ2n) is 2.91. The van der Waals surface area contributed by atoms with Gasteiger partial charge in [0, 0.05) is 0 Å². The molecule has 0 saturated carbocycles. The van der Waals surface area contributed by atoms with E-state index >= 15 is 0 Å². The molecule has 0 radical (unpaired) electrons. The third-order valence-corrected chi connectivity index (χ3v) is 2.14. The van der Waals surface area contributed by atoms with Crippen molar-refractivity contribution in [3.05, 3.63) is 28.2 Å². The van der Waals surface area contributed by atoms with E-state index in [1.165, 1.54) is 0 Å². The first-order valence-corrected chi connectivity index (χ1v) is 4.41. The Hall–Kier alpha value is -1.38. The lowest BCUT2D eigenvalue weighted by atomic mass is 10.0. The van der Waals surface area contributed by atoms with Crippen LogP contribution in [-0.4, -0.2) is 5.11 Å². The summed E-state index contributed by atoms with van der Waals surface area (Å²) in [5, 5.41) is 12.4. The van der Waals surface area contributed by atoms with Crippen molar-refractivity contribution < 1.29 is 5.11 Å². The number of phenols is 1. The van der Waals surface area contributed by atoms with Crippen LogP contribution in [0, 0.1) is 4.91 Å². The maximum Gasteiger partial charge on any atom is 0.119 e. The Morgan fingerprint density at radius 1 is 1.23 bits per heavy atom. The number of benzene rings is 1. The Morgan fingerprint density at radius 3 is 2.31 bits per heavy atom. The van der Waals surface area contributed by atoms with Gasteiger partial charge >= 0.3 is 0 Å². The Bertz CT molecular complexity index is 321. The van der Waals surface area contributed by atoms with E-state index in [2.05, 4.69) is 5.18 Å². The second kappa shape index (κ2) is 4.03. The highest BCUT2D eigenvalue weighted by Gasteiger charge is 2.06. The van der Waals surface area contributed by atoms with Gasteiger partial charge in [0.05, 0.1) is 0 Å². The zero-order chi connectivity index (χ0) is 9.84. The standard InChI is InChI=1S/C10H13NO2/c1-3-7-6-10(12)8(4-2)5-9(7)11-13/h5-6,12H,3-4H2,1-2H3. The zero-order valence-corrected chi connectivity index (χ0v) is 7.87. The van der Waals surface area contributed by atoms with Gasteiger partial charge in [-0.05, 0) is 41.3 Å². The van der Waals surface area contributed by atoms with Crippen LogP contribution in [0.5, 0.6) is 5.75 Å². The monoisotopic (exact) mass is 179 g/mol. The van der Waals surface area contributed by atoms with Crippen LogP contribution < -0.4 is 0 Å². The van der Waals surface area contributed by atoms with Gasteiger partial charge in [-0.2, -0.15) is 0 Å². The van der Waals surface area contributed by atoms with Crippen molar-refractivity contribution in [2.75, 3.05) is 0 Å². The first kappa shape index (κ1) is 9.71. The lowest BCUT2D eigenvalue weighted by Gasteiger charge is -2.05. The zero-order valence-electron chi connectivity index (χ0n) is 7.87. The van der Waals surface area contributed by atoms with Crippen LogP contribution >= 0.6 is 0 Å². The molecule has 0 atom stereocenters. The van der Waals surface area contributed by atoms with Gasteiger partial charge in [-0.3, -0.25) is 0 Å². The molecule has 1 N–H and O–H groups in total. The maximum atomic E-state index is 10.4. The first-order valence-electron chi connectivity index (χ1n) is 4.41. The number of nitroso groups, excluding NO2 is 1. The van der Waals surface area contributed by atoms with Crippen LogP contribution in [0.1, 0.15) is 25.0 Å². The highest BCUT2D eigenvalue weighted by atomic mass is 16.3. The van der Waals surface area contributed by atoms with Crippen LogP contribution in [-0.2, 0) is 12.8 Å². The summed E-state index contributed by atoms with van der Waals surface area (Å²) in [6, 6.07) is 3.27. The molecule has 1 aromatic carbocycles. The van der Waals surface area contributed by atoms with Crippen LogP contribution in [0.2, 0.25) is 0 Å². The minimum Gasteiger partial charge on any atom is -0.508 e. The number of hydrogen-bond donors (Lipinski definition) is 1. The van der Waals surface area contributed by atoms with Crippen molar-refractivity contribution in [1.82, 2.24) is 0 Å². The summed E-state index contributed by atoms with van der Waals surface area (Å²) >= 11 is 0. The minimum atomic E-state index is 0.256. The van der Waals surface area contributed by atoms with Crippen molar-refractivity contribution in [3.63, 3.8) is 0 Å². The van der Waals surface area contributed by atoms with Crippen LogP contribution in [0.25, 0.3) is 0 Å². The Balaban J connectivity index is 3.26. The SMILES string of the molecule is CCc1cc(N=O)c(CC)cc1O. The van der Waals surface area contributed by atoms with Gasteiger partial charge in [0.15, 0.2) is 0 Å². The molecular formula is C10H13NO2. The van der Waals surface area contributed by atoms with Gasteiger partial charge in [-0.1, -0.05) is 13.8 Å². The molecule has 3 nitrogen and oxygen atoms in total. The quantitative estimate of drug-likeness (QED) is 0.725. The molecule has 1 rings (SSSR count). The number of rotatable bonds is 3. The predicted molar refractivity (Wildman–Crippen MR) is 52.3 cm³/mol. The molecule has 0 unspecified atom stereocenters. The fourth-order valence-corrected chi connectivity index (χ4v) is 1.31. The molecule has 0 aliphatic heterocycles. The van der Waals surface area contributed by atoms with Crippen molar-refractivity contribution >= 4 is 5.69 Å². The van der Waals surface area contributed by atoms with E-state index in [1.54, 1.807) is 12.1 Å². The summed E-state index contributed by atoms with van der Waals surface area (Å²) in [5.41, 5.74) is 2.01. The van der Waals surface area contributed by atoms with Crippen LogP contribution in [0.3, 0.4) is 0 Å². The molecule has 0 spiro atoms. The van der Waals surface area contributed by atoms with Gasteiger partial charge in [-0.25, -0.2) is 0 Å². The lowest BCUT2D eigenvalue weighted by Crippen LogP contribution is -1.86. The van der Waals surface area contributed by atoms with Crippen molar-refractivity contribution in [2.45, 2.75) is 26.7 Å². The van der Waals surface area contributed by atoms with E-state index < -0.39 is 0 Å². The molecule has 1 aromatic rings. The Kier molecular flexibility index (Phi) is 3.01. The fraction of sp³-hybridized carbons (Fsp3) is 0.400. The number of phenolic OH excluding ortho intramolecular Hbond substituents is 1. The fourth-order valence-electron chi connectivity index (χ4n) is 1.31. The minimum absolute atomic E-state index is 0.256. The molecule has 0 fully saturated rings. The summed E-state index contributed by atoms with van der Waals surface area (Å²) in [6.07, 6.45) is 1.41. The average Bonchev–Trinajstić information content (AvgIpc) is 2.17. The van der Waals surface area contributed by atoms with E-state index in [-0.39, 0.29) is 5.75 Å². The van der Waals surface area contributed by atoms with E-state index in [0.717, 1.165) is 11.1 Å². The highest BCUT2D eigenvalue weighted by molar-refractivity contribution is 5.53. The molecular weight excluding hydrogens is 166 g/mol. The van der Waals surface area contributed by atoms with Crippen molar-refractivity contribution in [3.8, 4) is 5.75 Å². The molecule has 3 heteroatoms. The maximum absolute atomic E-state index is 10.4. The van der Waals surface area contributed by atoms with E-state index in [1.807, 2.05) is 13.8 Å². The third kappa shape index (κ3) is 1.86. The molecule has 0 aliphatic rings. The van der Waals surface area contributed by atoms with E-state index in [0.29, 0.717) is 18.5 Å². The number of aryl methyl sites for hydroxylation is 2. The Labute approximate surface area is 77.4 Å². The molecule has 0 amide bonds. The van der Waals surface area contributed by atoms with E-state index in [4.69, 9.17) is 0 Å². The Morgan fingerprint density at radius 2 is 1.85 bits per heavy atom. The van der Waals surface area contributed by atoms with Crippen LogP contribution in [0.15, 0.2) is 17.3 Å². The summed E-state index contributed by atoms with van der Waals surface area (Å²) in [4.78, 5) is 10.4. The van der Waals surface area contributed by atoms with Gasteiger partial charge in [0.25, 0.3) is 0 Å². The molecule has 70 valence electrons. The molecule has 0 heterocycles. The van der Waals surface area contributed by atoms with Gasteiger partial charge in [-0.15, -0.1) is 4.91 Å². The van der Waals surface area contributed by atoms with Gasteiger partial charge in [0.2, 0.25) is 0 Å². The van der Waals surface area contributed by atoms with Gasteiger partial charge in [0.1, 0.15) is 11.4 Å². The summed E-state index contributed by atoms with van der Waals surface area (Å²) in [7, 11) is 0. The average molecular weight is 179 g/mol. The predicted octanol–water partition coefficient (Wildman–Crippen LogP) is 2.91. The normalized spacial score (nSPS) is 10.0. The van der Waals surface area contributed by atoms with Crippen molar-refractivity contribution in [1.29, 1.82) is 0 Å². The lowest BCUT2D eigenvalue weighted by molar-refractivity contribution is 0.468. The van der Waals surface area contributed by atoms with Crippen LogP contribution in [0.4, 0.5) is 5.69 Å².